The van der Waals surface area contributed by atoms with Crippen LogP contribution in [0.25, 0.3) is 0 Å². The minimum Gasteiger partial charge on any atom is -0.271 e. The zero-order valence-electron chi connectivity index (χ0n) is 13.2. The molecule has 4 nitrogen and oxygen atoms in total. The van der Waals surface area contributed by atoms with Gasteiger partial charge in [0, 0.05) is 19.5 Å². The lowest BCUT2D eigenvalue weighted by molar-refractivity contribution is 0.307. The second kappa shape index (κ2) is 8.80. The number of nitrogens with zero attached hydrogens (tertiary/aromatic N) is 2. The third-order valence-electron chi connectivity index (χ3n) is 4.02. The molecule has 0 aliphatic rings. The van der Waals surface area contributed by atoms with Crippen LogP contribution in [-0.4, -0.2) is 15.8 Å². The monoisotopic (exact) mass is 344 g/mol. The van der Waals surface area contributed by atoms with Gasteiger partial charge in [0.1, 0.15) is 0 Å². The lowest BCUT2D eigenvalue weighted by atomic mass is 9.88. The fraction of sp³-hybridized carbons (Fsp3) is 0.800. The average molecular weight is 345 g/mol. The van der Waals surface area contributed by atoms with E-state index in [-0.39, 0.29) is 0 Å². The van der Waals surface area contributed by atoms with Crippen molar-refractivity contribution in [2.24, 2.45) is 18.8 Å². The second-order valence-electron chi connectivity index (χ2n) is 5.50. The number of halogens is 1. The largest absolute Gasteiger partial charge is 0.271 e. The van der Waals surface area contributed by atoms with Gasteiger partial charge >= 0.3 is 0 Å². The molecule has 3 N–H and O–H groups in total. The standard InChI is InChI=1S/C15H29BrN4/c1-5-8-11(9-6-2)13(18-17)10-14-15(16)12(7-3)19-20(14)4/h11,13,18H,5-10,17H2,1-4H3. The van der Waals surface area contributed by atoms with E-state index in [9.17, 15) is 0 Å². The smallest absolute Gasteiger partial charge is 0.0766 e. The van der Waals surface area contributed by atoms with Gasteiger partial charge in [0.2, 0.25) is 0 Å². The van der Waals surface area contributed by atoms with E-state index in [2.05, 4.69) is 47.2 Å². The van der Waals surface area contributed by atoms with E-state index in [1.807, 2.05) is 11.7 Å². The summed E-state index contributed by atoms with van der Waals surface area (Å²) in [6, 6.07) is 0.311. The molecule has 0 aliphatic heterocycles. The van der Waals surface area contributed by atoms with Gasteiger partial charge in [0.05, 0.1) is 15.9 Å². The summed E-state index contributed by atoms with van der Waals surface area (Å²) >= 11 is 3.70. The summed E-state index contributed by atoms with van der Waals surface area (Å²) in [5, 5.41) is 4.57. The van der Waals surface area contributed by atoms with Crippen LogP contribution in [0.2, 0.25) is 0 Å². The average Bonchev–Trinajstić information content (AvgIpc) is 2.71. The van der Waals surface area contributed by atoms with E-state index in [0.717, 1.165) is 23.0 Å². The summed E-state index contributed by atoms with van der Waals surface area (Å²) < 4.78 is 3.14. The van der Waals surface area contributed by atoms with Gasteiger partial charge in [0.25, 0.3) is 0 Å². The predicted molar refractivity (Wildman–Crippen MR) is 88.4 cm³/mol. The van der Waals surface area contributed by atoms with Gasteiger partial charge in [-0.2, -0.15) is 5.10 Å². The summed E-state index contributed by atoms with van der Waals surface area (Å²) in [4.78, 5) is 0. The van der Waals surface area contributed by atoms with Crippen LogP contribution in [0.3, 0.4) is 0 Å². The van der Waals surface area contributed by atoms with Crippen LogP contribution >= 0.6 is 15.9 Å². The van der Waals surface area contributed by atoms with Gasteiger partial charge in [-0.1, -0.05) is 33.6 Å². The molecule has 0 aromatic carbocycles. The van der Waals surface area contributed by atoms with Gasteiger partial charge in [-0.05, 0) is 41.1 Å². The Labute approximate surface area is 131 Å². The summed E-state index contributed by atoms with van der Waals surface area (Å²) in [6.45, 7) is 6.61. The molecule has 20 heavy (non-hydrogen) atoms. The minimum atomic E-state index is 0.311. The highest BCUT2D eigenvalue weighted by Crippen LogP contribution is 2.26. The molecule has 5 heteroatoms. The lowest BCUT2D eigenvalue weighted by Gasteiger charge is -2.26. The Morgan fingerprint density at radius 3 is 2.25 bits per heavy atom. The number of aromatic nitrogens is 2. The van der Waals surface area contributed by atoms with Gasteiger partial charge in [0.15, 0.2) is 0 Å². The van der Waals surface area contributed by atoms with E-state index >= 15 is 0 Å². The molecule has 0 fully saturated rings. The van der Waals surface area contributed by atoms with E-state index < -0.39 is 0 Å². The van der Waals surface area contributed by atoms with E-state index in [0.29, 0.717) is 12.0 Å². The molecule has 1 atom stereocenters. The SMILES string of the molecule is CCCC(CCC)C(Cc1c(Br)c(CC)nn1C)NN. The van der Waals surface area contributed by atoms with Crippen molar-refractivity contribution in [1.82, 2.24) is 15.2 Å². The number of aryl methyl sites for hydroxylation is 2. The summed E-state index contributed by atoms with van der Waals surface area (Å²) in [5.41, 5.74) is 5.40. The van der Waals surface area contributed by atoms with Crippen LogP contribution in [0.5, 0.6) is 0 Å². The molecule has 0 saturated heterocycles. The highest BCUT2D eigenvalue weighted by molar-refractivity contribution is 9.10. The molecule has 0 radical (unpaired) electrons. The van der Waals surface area contributed by atoms with Crippen molar-refractivity contribution < 1.29 is 0 Å². The van der Waals surface area contributed by atoms with Crippen LogP contribution in [0.1, 0.15) is 57.8 Å². The summed E-state index contributed by atoms with van der Waals surface area (Å²) in [5.74, 6) is 6.45. The van der Waals surface area contributed by atoms with Crippen LogP contribution in [0.15, 0.2) is 4.47 Å². The zero-order valence-corrected chi connectivity index (χ0v) is 14.8. The first kappa shape index (κ1) is 17.7. The Balaban J connectivity index is 2.89. The normalized spacial score (nSPS) is 13.2. The Morgan fingerprint density at radius 2 is 1.85 bits per heavy atom. The number of nitrogens with one attached hydrogen (secondary N) is 1. The maximum atomic E-state index is 5.83. The van der Waals surface area contributed by atoms with Crippen LogP contribution in [0.4, 0.5) is 0 Å². The number of hydrogen-bond donors (Lipinski definition) is 2. The molecule has 0 saturated carbocycles. The minimum absolute atomic E-state index is 0.311. The molecule has 1 aromatic rings. The molecule has 1 rings (SSSR count). The molecular weight excluding hydrogens is 316 g/mol. The topological polar surface area (TPSA) is 55.9 Å². The number of nitrogens with two attached hydrogens (primary N) is 1. The van der Waals surface area contributed by atoms with Crippen molar-refractivity contribution in [3.63, 3.8) is 0 Å². The third kappa shape index (κ3) is 4.30. The fourth-order valence-corrected chi connectivity index (χ4v) is 3.68. The van der Waals surface area contributed by atoms with Crippen molar-refractivity contribution in [2.45, 2.75) is 65.3 Å². The lowest BCUT2D eigenvalue weighted by Crippen LogP contribution is -2.43. The van der Waals surface area contributed by atoms with E-state index in [1.54, 1.807) is 0 Å². The molecular formula is C15H29BrN4. The van der Waals surface area contributed by atoms with Crippen molar-refractivity contribution in [1.29, 1.82) is 0 Å². The number of hydrazine groups is 1. The van der Waals surface area contributed by atoms with Gasteiger partial charge in [-0.3, -0.25) is 16.0 Å². The Hall–Kier alpha value is -0.390. The van der Waals surface area contributed by atoms with Crippen LogP contribution in [0, 0.1) is 5.92 Å². The first-order valence-electron chi connectivity index (χ1n) is 7.75. The molecule has 0 aliphatic carbocycles. The molecule has 0 spiro atoms. The summed E-state index contributed by atoms with van der Waals surface area (Å²) in [7, 11) is 2.02. The van der Waals surface area contributed by atoms with Gasteiger partial charge in [-0.25, -0.2) is 0 Å². The Morgan fingerprint density at radius 1 is 1.25 bits per heavy atom. The molecule has 1 aromatic heterocycles. The maximum Gasteiger partial charge on any atom is 0.0766 e. The third-order valence-corrected chi connectivity index (χ3v) is 4.93. The maximum absolute atomic E-state index is 5.83. The highest BCUT2D eigenvalue weighted by atomic mass is 79.9. The van der Waals surface area contributed by atoms with Crippen LogP contribution in [-0.2, 0) is 19.9 Å². The first-order chi connectivity index (χ1) is 9.58. The highest BCUT2D eigenvalue weighted by Gasteiger charge is 2.23. The van der Waals surface area contributed by atoms with Crippen molar-refractivity contribution in [3.05, 3.63) is 15.9 Å². The van der Waals surface area contributed by atoms with Crippen molar-refractivity contribution in [2.75, 3.05) is 0 Å². The molecule has 0 amide bonds. The molecule has 116 valence electrons. The van der Waals surface area contributed by atoms with E-state index in [4.69, 9.17) is 5.84 Å². The van der Waals surface area contributed by atoms with E-state index in [1.165, 1.54) is 31.4 Å². The van der Waals surface area contributed by atoms with Crippen LogP contribution < -0.4 is 11.3 Å². The fourth-order valence-electron chi connectivity index (χ4n) is 2.90. The Bertz CT molecular complexity index is 397. The van der Waals surface area contributed by atoms with Gasteiger partial charge < -0.3 is 0 Å². The Kier molecular flexibility index (Phi) is 7.77. The number of rotatable bonds is 9. The quantitative estimate of drug-likeness (QED) is 0.533. The van der Waals surface area contributed by atoms with Gasteiger partial charge in [-0.15, -0.1) is 0 Å². The first-order valence-corrected chi connectivity index (χ1v) is 8.54. The molecule has 0 bridgehead atoms. The number of hydrogen-bond acceptors (Lipinski definition) is 3. The summed E-state index contributed by atoms with van der Waals surface area (Å²) in [6.07, 6.45) is 6.72. The molecule has 1 heterocycles. The zero-order chi connectivity index (χ0) is 15.1. The second-order valence-corrected chi connectivity index (χ2v) is 6.29. The van der Waals surface area contributed by atoms with Crippen molar-refractivity contribution >= 4 is 15.9 Å². The van der Waals surface area contributed by atoms with Crippen molar-refractivity contribution in [3.8, 4) is 0 Å². The molecule has 1 unspecified atom stereocenters. The predicted octanol–water partition coefficient (Wildman–Crippen LogP) is 3.34.